The summed E-state index contributed by atoms with van der Waals surface area (Å²) in [5.74, 6) is -1.27. The van der Waals surface area contributed by atoms with Gasteiger partial charge >= 0.3 is 11.7 Å². The zero-order valence-electron chi connectivity index (χ0n) is 13.5. The number of fused-ring (bicyclic) bond motifs is 1. The molecule has 0 atom stereocenters. The molecule has 3 aromatic rings. The van der Waals surface area contributed by atoms with Crippen molar-refractivity contribution in [2.24, 2.45) is 7.05 Å². The zero-order chi connectivity index (χ0) is 19.0. The molecule has 0 aliphatic carbocycles. The first-order valence-electron chi connectivity index (χ1n) is 7.11. The van der Waals surface area contributed by atoms with Gasteiger partial charge in [0.15, 0.2) is 0 Å². The van der Waals surface area contributed by atoms with E-state index in [2.05, 4.69) is 15.2 Å². The average Bonchev–Trinajstić information content (AvgIpc) is 3.15. The van der Waals surface area contributed by atoms with Crippen LogP contribution in [-0.2, 0) is 11.8 Å². The van der Waals surface area contributed by atoms with Crippen LogP contribution < -0.4 is 5.32 Å². The van der Waals surface area contributed by atoms with Crippen molar-refractivity contribution in [1.82, 2.24) is 9.78 Å². The normalized spacial score (nSPS) is 10.7. The van der Waals surface area contributed by atoms with Crippen LogP contribution in [0.15, 0.2) is 24.4 Å². The number of thiophene rings is 1. The number of carbonyl (C=O) groups is 2. The molecule has 0 bridgehead atoms. The van der Waals surface area contributed by atoms with Crippen LogP contribution in [0.4, 0.5) is 11.4 Å². The van der Waals surface area contributed by atoms with E-state index >= 15 is 0 Å². The molecule has 2 aromatic heterocycles. The molecule has 1 N–H and O–H groups in total. The molecular weight excluding hydrogens is 384 g/mol. The Balaban J connectivity index is 1.93. The van der Waals surface area contributed by atoms with Crippen molar-refractivity contribution in [3.05, 3.63) is 50.1 Å². The Bertz CT molecular complexity index is 1060. The molecule has 0 spiro atoms. The second-order valence-electron chi connectivity index (χ2n) is 5.20. The fourth-order valence-electron chi connectivity index (χ4n) is 2.33. The van der Waals surface area contributed by atoms with E-state index in [4.69, 9.17) is 11.6 Å². The summed E-state index contributed by atoms with van der Waals surface area (Å²) >= 11 is 7.30. The van der Waals surface area contributed by atoms with Crippen LogP contribution in [0.25, 0.3) is 10.1 Å². The van der Waals surface area contributed by atoms with Gasteiger partial charge in [-0.25, -0.2) is 4.79 Å². The number of esters is 1. The predicted octanol–water partition coefficient (Wildman–Crippen LogP) is 3.24. The summed E-state index contributed by atoms with van der Waals surface area (Å²) in [5.41, 5.74) is -0.299. The number of halogens is 1. The van der Waals surface area contributed by atoms with Gasteiger partial charge in [0.25, 0.3) is 5.91 Å². The molecule has 0 fully saturated rings. The van der Waals surface area contributed by atoms with Gasteiger partial charge in [-0.2, -0.15) is 5.10 Å². The molecule has 2 heterocycles. The molecule has 9 nitrogen and oxygen atoms in total. The number of anilines is 1. The molecule has 1 amide bonds. The Morgan fingerprint density at radius 2 is 2.15 bits per heavy atom. The number of rotatable bonds is 4. The van der Waals surface area contributed by atoms with Gasteiger partial charge in [-0.3, -0.25) is 19.6 Å². The fraction of sp³-hybridized carbons (Fsp3) is 0.133. The van der Waals surface area contributed by atoms with Crippen LogP contribution in [0.3, 0.4) is 0 Å². The molecule has 0 aliphatic heterocycles. The van der Waals surface area contributed by atoms with Crippen molar-refractivity contribution in [2.75, 3.05) is 12.4 Å². The Kier molecular flexibility index (Phi) is 4.62. The Hall–Kier alpha value is -2.98. The summed E-state index contributed by atoms with van der Waals surface area (Å²) in [6.07, 6.45) is 1.15. The largest absolute Gasteiger partial charge is 0.465 e. The van der Waals surface area contributed by atoms with E-state index in [1.54, 1.807) is 18.2 Å². The molecular formula is C15H11ClN4O5S. The number of methoxy groups -OCH3 is 1. The number of nitrogens with one attached hydrogen (secondary N) is 1. The number of benzene rings is 1. The summed E-state index contributed by atoms with van der Waals surface area (Å²) in [4.78, 5) is 34.6. The molecule has 0 aliphatic rings. The van der Waals surface area contributed by atoms with Gasteiger partial charge in [-0.05, 0) is 18.2 Å². The predicted molar refractivity (Wildman–Crippen MR) is 96.0 cm³/mol. The van der Waals surface area contributed by atoms with Crippen LogP contribution in [0.2, 0.25) is 5.02 Å². The van der Waals surface area contributed by atoms with Crippen LogP contribution in [0.1, 0.15) is 20.2 Å². The molecule has 0 saturated carbocycles. The Labute approximate surface area is 155 Å². The number of hydrogen-bond donors (Lipinski definition) is 1. The second-order valence-corrected chi connectivity index (χ2v) is 6.63. The smallest absolute Gasteiger partial charge is 0.349 e. The van der Waals surface area contributed by atoms with Crippen LogP contribution >= 0.6 is 22.9 Å². The fourth-order valence-corrected chi connectivity index (χ4v) is 3.79. The highest BCUT2D eigenvalue weighted by Crippen LogP contribution is 2.37. The van der Waals surface area contributed by atoms with Gasteiger partial charge in [-0.1, -0.05) is 11.6 Å². The minimum atomic E-state index is -0.715. The first-order valence-corrected chi connectivity index (χ1v) is 8.31. The highest BCUT2D eigenvalue weighted by Gasteiger charge is 2.25. The van der Waals surface area contributed by atoms with Gasteiger partial charge in [-0.15, -0.1) is 11.3 Å². The quantitative estimate of drug-likeness (QED) is 0.412. The van der Waals surface area contributed by atoms with E-state index in [0.717, 1.165) is 17.5 Å². The summed E-state index contributed by atoms with van der Waals surface area (Å²) in [6, 6.07) is 4.84. The highest BCUT2D eigenvalue weighted by molar-refractivity contribution is 7.21. The molecule has 134 valence electrons. The molecule has 11 heteroatoms. The van der Waals surface area contributed by atoms with E-state index in [1.165, 1.54) is 18.8 Å². The minimum Gasteiger partial charge on any atom is -0.465 e. The lowest BCUT2D eigenvalue weighted by Crippen LogP contribution is -2.14. The molecule has 3 rings (SSSR count). The van der Waals surface area contributed by atoms with E-state index < -0.39 is 22.5 Å². The zero-order valence-corrected chi connectivity index (χ0v) is 15.1. The molecule has 0 unspecified atom stereocenters. The average molecular weight is 395 g/mol. The number of ether oxygens (including phenoxy) is 1. The summed E-state index contributed by atoms with van der Waals surface area (Å²) < 4.78 is 6.53. The van der Waals surface area contributed by atoms with Gasteiger partial charge in [0.05, 0.1) is 17.1 Å². The van der Waals surface area contributed by atoms with E-state index in [9.17, 15) is 19.7 Å². The van der Waals surface area contributed by atoms with Crippen LogP contribution in [-0.4, -0.2) is 33.7 Å². The first-order chi connectivity index (χ1) is 12.3. The number of nitrogens with zero attached hydrogens (tertiary/aromatic N) is 3. The van der Waals surface area contributed by atoms with Crippen molar-refractivity contribution < 1.29 is 19.2 Å². The standard InChI is InChI=1S/C15H11ClN4O5S/c1-19-6-9(20(23)24)12(18-19)14(21)17-7-3-4-8-10(5-7)26-13(11(8)16)15(22)25-2/h3-6H,1-2H3,(H,17,21). The van der Waals surface area contributed by atoms with Crippen LogP contribution in [0, 0.1) is 10.1 Å². The van der Waals surface area contributed by atoms with E-state index in [-0.39, 0.29) is 15.6 Å². The van der Waals surface area contributed by atoms with Gasteiger partial charge < -0.3 is 10.1 Å². The van der Waals surface area contributed by atoms with Crippen molar-refractivity contribution in [3.8, 4) is 0 Å². The molecule has 0 saturated heterocycles. The lowest BCUT2D eigenvalue weighted by Gasteiger charge is -2.03. The van der Waals surface area contributed by atoms with Crippen molar-refractivity contribution in [3.63, 3.8) is 0 Å². The van der Waals surface area contributed by atoms with Crippen molar-refractivity contribution in [2.45, 2.75) is 0 Å². The maximum Gasteiger partial charge on any atom is 0.349 e. The third-order valence-corrected chi connectivity index (χ3v) is 5.12. The summed E-state index contributed by atoms with van der Waals surface area (Å²) in [5, 5.41) is 18.3. The lowest BCUT2D eigenvalue weighted by atomic mass is 10.2. The maximum absolute atomic E-state index is 12.3. The van der Waals surface area contributed by atoms with Crippen LogP contribution in [0.5, 0.6) is 0 Å². The van der Waals surface area contributed by atoms with Gasteiger partial charge in [0.1, 0.15) is 11.1 Å². The first kappa shape index (κ1) is 17.8. The third kappa shape index (κ3) is 3.11. The maximum atomic E-state index is 12.3. The monoisotopic (exact) mass is 394 g/mol. The van der Waals surface area contributed by atoms with Crippen molar-refractivity contribution >= 4 is 56.3 Å². The summed E-state index contributed by atoms with van der Waals surface area (Å²) in [6.45, 7) is 0. The SMILES string of the molecule is COC(=O)c1sc2cc(NC(=O)c3nn(C)cc3[N+](=O)[O-])ccc2c1Cl. The number of hydrogen-bond acceptors (Lipinski definition) is 7. The Morgan fingerprint density at radius 3 is 2.81 bits per heavy atom. The van der Waals surface area contributed by atoms with Gasteiger partial charge in [0.2, 0.25) is 5.69 Å². The van der Waals surface area contributed by atoms with E-state index in [0.29, 0.717) is 15.8 Å². The molecule has 1 aromatic carbocycles. The highest BCUT2D eigenvalue weighted by atomic mass is 35.5. The number of amides is 1. The molecule has 0 radical (unpaired) electrons. The number of carbonyl (C=O) groups excluding carboxylic acids is 2. The van der Waals surface area contributed by atoms with Gasteiger partial charge in [0, 0.05) is 22.8 Å². The third-order valence-electron chi connectivity index (χ3n) is 3.48. The number of nitro groups is 1. The summed E-state index contributed by atoms with van der Waals surface area (Å²) in [7, 11) is 2.74. The van der Waals surface area contributed by atoms with Crippen molar-refractivity contribution in [1.29, 1.82) is 0 Å². The Morgan fingerprint density at radius 1 is 1.42 bits per heavy atom. The minimum absolute atomic E-state index is 0.257. The number of aromatic nitrogens is 2. The van der Waals surface area contributed by atoms with E-state index in [1.807, 2.05) is 0 Å². The number of aryl methyl sites for hydroxylation is 1. The topological polar surface area (TPSA) is 116 Å². The lowest BCUT2D eigenvalue weighted by molar-refractivity contribution is -0.385. The second kappa shape index (κ2) is 6.73. The molecule has 26 heavy (non-hydrogen) atoms.